The lowest BCUT2D eigenvalue weighted by molar-refractivity contribution is -0.144. The second-order valence-corrected chi connectivity index (χ2v) is 4.51. The van der Waals surface area contributed by atoms with Gasteiger partial charge in [-0.05, 0) is 19.1 Å². The molecule has 2 N–H and O–H groups in total. The molecule has 5 heteroatoms. The van der Waals surface area contributed by atoms with Gasteiger partial charge >= 0.3 is 5.97 Å². The van der Waals surface area contributed by atoms with Crippen molar-refractivity contribution >= 4 is 11.9 Å². The first-order valence-corrected chi connectivity index (χ1v) is 5.74. The van der Waals surface area contributed by atoms with Crippen molar-refractivity contribution in [2.24, 2.45) is 0 Å². The number of rotatable bonds is 3. The average molecular weight is 249 g/mol. The molecule has 1 aliphatic rings. The summed E-state index contributed by atoms with van der Waals surface area (Å²) in [4.78, 5) is 23.2. The number of aryl methyl sites for hydroxylation is 1. The summed E-state index contributed by atoms with van der Waals surface area (Å²) in [5, 5.41) is 11.8. The van der Waals surface area contributed by atoms with Crippen LogP contribution in [0.2, 0.25) is 0 Å². The van der Waals surface area contributed by atoms with Crippen molar-refractivity contribution in [2.75, 3.05) is 13.2 Å². The van der Waals surface area contributed by atoms with E-state index in [0.717, 1.165) is 5.56 Å². The summed E-state index contributed by atoms with van der Waals surface area (Å²) in [5.41, 5.74) is 0.207. The van der Waals surface area contributed by atoms with E-state index in [-0.39, 0.29) is 12.5 Å². The average Bonchev–Trinajstić information content (AvgIpc) is 2.79. The zero-order valence-corrected chi connectivity index (χ0v) is 10.1. The van der Waals surface area contributed by atoms with Gasteiger partial charge in [0.15, 0.2) is 5.54 Å². The summed E-state index contributed by atoms with van der Waals surface area (Å²) < 4.78 is 5.08. The van der Waals surface area contributed by atoms with Crippen LogP contribution in [0.5, 0.6) is 0 Å². The third-order valence-electron chi connectivity index (χ3n) is 3.10. The van der Waals surface area contributed by atoms with Crippen molar-refractivity contribution in [3.8, 4) is 0 Å². The number of hydrogen-bond acceptors (Lipinski definition) is 3. The Bertz CT molecular complexity index is 460. The molecular weight excluding hydrogens is 234 g/mol. The highest BCUT2D eigenvalue weighted by Crippen LogP contribution is 2.19. The largest absolute Gasteiger partial charge is 0.479 e. The van der Waals surface area contributed by atoms with Crippen molar-refractivity contribution in [1.29, 1.82) is 0 Å². The molecule has 0 aliphatic carbocycles. The van der Waals surface area contributed by atoms with Gasteiger partial charge in [0.1, 0.15) is 0 Å². The number of carboxylic acids is 1. The van der Waals surface area contributed by atoms with E-state index in [4.69, 9.17) is 4.74 Å². The lowest BCUT2D eigenvalue weighted by Crippen LogP contribution is -2.55. The molecule has 0 spiro atoms. The Kier molecular flexibility index (Phi) is 3.34. The zero-order valence-electron chi connectivity index (χ0n) is 10.1. The molecule has 1 atom stereocenters. The molecule has 1 fully saturated rings. The monoisotopic (exact) mass is 249 g/mol. The van der Waals surface area contributed by atoms with Crippen LogP contribution in [0.25, 0.3) is 0 Å². The molecule has 0 aromatic heterocycles. The number of aliphatic carboxylic acids is 1. The molecular formula is C13H15NO4. The van der Waals surface area contributed by atoms with Crippen molar-refractivity contribution in [1.82, 2.24) is 5.32 Å². The molecule has 0 bridgehead atoms. The number of nitrogens with one attached hydrogen (secondary N) is 1. The Labute approximate surface area is 105 Å². The summed E-state index contributed by atoms with van der Waals surface area (Å²) in [6.07, 6.45) is 0.292. The van der Waals surface area contributed by atoms with Crippen LogP contribution >= 0.6 is 0 Å². The van der Waals surface area contributed by atoms with E-state index in [1.165, 1.54) is 0 Å². The zero-order chi connectivity index (χ0) is 13.2. The maximum absolute atomic E-state index is 12.0. The minimum absolute atomic E-state index is 0.0138. The highest BCUT2D eigenvalue weighted by molar-refractivity contribution is 5.98. The molecule has 2 rings (SSSR count). The van der Waals surface area contributed by atoms with Gasteiger partial charge in [-0.25, -0.2) is 4.79 Å². The predicted molar refractivity (Wildman–Crippen MR) is 64.4 cm³/mol. The van der Waals surface area contributed by atoms with Crippen molar-refractivity contribution in [3.05, 3.63) is 35.4 Å². The van der Waals surface area contributed by atoms with Crippen LogP contribution in [0, 0.1) is 6.92 Å². The van der Waals surface area contributed by atoms with E-state index in [0.29, 0.717) is 18.6 Å². The number of benzene rings is 1. The molecule has 0 saturated carbocycles. The van der Waals surface area contributed by atoms with E-state index in [2.05, 4.69) is 5.32 Å². The van der Waals surface area contributed by atoms with Crippen LogP contribution in [0.3, 0.4) is 0 Å². The van der Waals surface area contributed by atoms with E-state index >= 15 is 0 Å². The lowest BCUT2D eigenvalue weighted by Gasteiger charge is -2.23. The maximum Gasteiger partial charge on any atom is 0.331 e. The molecule has 1 aromatic rings. The summed E-state index contributed by atoms with van der Waals surface area (Å²) >= 11 is 0. The smallest absolute Gasteiger partial charge is 0.331 e. The fourth-order valence-electron chi connectivity index (χ4n) is 1.88. The van der Waals surface area contributed by atoms with Gasteiger partial charge in [-0.2, -0.15) is 0 Å². The van der Waals surface area contributed by atoms with E-state index in [1.807, 2.05) is 19.1 Å². The van der Waals surface area contributed by atoms with Gasteiger partial charge in [0.2, 0.25) is 0 Å². The van der Waals surface area contributed by atoms with E-state index in [9.17, 15) is 14.7 Å². The summed E-state index contributed by atoms with van der Waals surface area (Å²) in [6.45, 7) is 2.28. The van der Waals surface area contributed by atoms with Gasteiger partial charge in [-0.15, -0.1) is 0 Å². The maximum atomic E-state index is 12.0. The SMILES string of the molecule is Cc1ccc(C(=O)NC2(C(=O)O)CCOC2)cc1. The van der Waals surface area contributed by atoms with Crippen LogP contribution < -0.4 is 5.32 Å². The Hall–Kier alpha value is -1.88. The standard InChI is InChI=1S/C13H15NO4/c1-9-2-4-10(5-3-9)11(15)14-13(12(16)17)6-7-18-8-13/h2-5H,6-8H2,1H3,(H,14,15)(H,16,17). The second-order valence-electron chi connectivity index (χ2n) is 4.51. The second kappa shape index (κ2) is 4.78. The van der Waals surface area contributed by atoms with Crippen LogP contribution in [0.4, 0.5) is 0 Å². The molecule has 1 amide bonds. The highest BCUT2D eigenvalue weighted by atomic mass is 16.5. The third-order valence-corrected chi connectivity index (χ3v) is 3.10. The third kappa shape index (κ3) is 2.36. The van der Waals surface area contributed by atoms with Gasteiger partial charge in [0.25, 0.3) is 5.91 Å². The minimum atomic E-state index is -1.29. The van der Waals surface area contributed by atoms with Crippen LogP contribution in [-0.2, 0) is 9.53 Å². The van der Waals surface area contributed by atoms with Crippen LogP contribution in [0.1, 0.15) is 22.3 Å². The normalized spacial score (nSPS) is 22.7. The van der Waals surface area contributed by atoms with Gasteiger partial charge in [-0.1, -0.05) is 17.7 Å². The first kappa shape index (κ1) is 12.6. The van der Waals surface area contributed by atoms with Crippen molar-refractivity contribution < 1.29 is 19.4 Å². The minimum Gasteiger partial charge on any atom is -0.479 e. The van der Waals surface area contributed by atoms with Gasteiger partial charge in [-0.3, -0.25) is 4.79 Å². The highest BCUT2D eigenvalue weighted by Gasteiger charge is 2.44. The number of carbonyl (C=O) groups is 2. The van der Waals surface area contributed by atoms with Crippen molar-refractivity contribution in [3.63, 3.8) is 0 Å². The first-order chi connectivity index (χ1) is 8.53. The Morgan fingerprint density at radius 3 is 2.50 bits per heavy atom. The van der Waals surface area contributed by atoms with Crippen molar-refractivity contribution in [2.45, 2.75) is 18.9 Å². The van der Waals surface area contributed by atoms with E-state index in [1.54, 1.807) is 12.1 Å². The van der Waals surface area contributed by atoms with Crippen LogP contribution in [0.15, 0.2) is 24.3 Å². The van der Waals surface area contributed by atoms with Gasteiger partial charge < -0.3 is 15.2 Å². The molecule has 18 heavy (non-hydrogen) atoms. The molecule has 1 aromatic carbocycles. The Balaban J connectivity index is 2.15. The number of carbonyl (C=O) groups excluding carboxylic acids is 1. The van der Waals surface area contributed by atoms with Gasteiger partial charge in [0.05, 0.1) is 6.61 Å². The fraction of sp³-hybridized carbons (Fsp3) is 0.385. The number of amides is 1. The molecule has 1 heterocycles. The number of ether oxygens (including phenoxy) is 1. The Morgan fingerprint density at radius 2 is 2.00 bits per heavy atom. The van der Waals surface area contributed by atoms with Crippen LogP contribution in [-0.4, -0.2) is 35.7 Å². The molecule has 96 valence electrons. The molecule has 1 unspecified atom stereocenters. The summed E-state index contributed by atoms with van der Waals surface area (Å²) in [6, 6.07) is 6.98. The molecule has 1 aliphatic heterocycles. The summed E-state index contributed by atoms with van der Waals surface area (Å²) in [5.74, 6) is -1.44. The van der Waals surface area contributed by atoms with E-state index < -0.39 is 11.5 Å². The Morgan fingerprint density at radius 1 is 1.33 bits per heavy atom. The van der Waals surface area contributed by atoms with Gasteiger partial charge in [0, 0.05) is 18.6 Å². The molecule has 1 saturated heterocycles. The quantitative estimate of drug-likeness (QED) is 0.837. The lowest BCUT2D eigenvalue weighted by atomic mass is 9.98. The molecule has 0 radical (unpaired) electrons. The molecule has 5 nitrogen and oxygen atoms in total. The topological polar surface area (TPSA) is 75.6 Å². The predicted octanol–water partition coefficient (Wildman–Crippen LogP) is 0.969. The number of carboxylic acid groups (broad SMARTS) is 1. The fourth-order valence-corrected chi connectivity index (χ4v) is 1.88. The first-order valence-electron chi connectivity index (χ1n) is 5.74. The summed E-state index contributed by atoms with van der Waals surface area (Å²) in [7, 11) is 0. The number of hydrogen-bond donors (Lipinski definition) is 2.